The average Bonchev–Trinajstić information content (AvgIpc) is 2.73. The van der Waals surface area contributed by atoms with Crippen molar-refractivity contribution >= 4 is 5.96 Å². The van der Waals surface area contributed by atoms with Gasteiger partial charge in [-0.3, -0.25) is 4.99 Å². The van der Waals surface area contributed by atoms with Gasteiger partial charge in [0.1, 0.15) is 0 Å². The van der Waals surface area contributed by atoms with Gasteiger partial charge in [0.05, 0.1) is 25.9 Å². The molecule has 3 rings (SSSR count). The summed E-state index contributed by atoms with van der Waals surface area (Å²) in [5.41, 5.74) is 4.21. The summed E-state index contributed by atoms with van der Waals surface area (Å²) in [5.74, 6) is 2.36. The minimum atomic E-state index is 0.623. The molecule has 1 aliphatic heterocycles. The number of nitrogens with one attached hydrogen (secondary N) is 1. The molecule has 1 N–H and O–H groups in total. The summed E-state index contributed by atoms with van der Waals surface area (Å²) in [7, 11) is 5.10. The van der Waals surface area contributed by atoms with Crippen molar-refractivity contribution in [3.05, 3.63) is 58.7 Å². The lowest BCUT2D eigenvalue weighted by Gasteiger charge is -2.32. The lowest BCUT2D eigenvalue weighted by Crippen LogP contribution is -2.43. The van der Waals surface area contributed by atoms with E-state index in [9.17, 15) is 0 Å². The van der Waals surface area contributed by atoms with E-state index in [4.69, 9.17) is 14.7 Å². The zero-order chi connectivity index (χ0) is 19.2. The molecule has 0 saturated carbocycles. The number of aliphatic imine (C=N–C) groups is 1. The maximum atomic E-state index is 9.04. The predicted molar refractivity (Wildman–Crippen MR) is 105 cm³/mol. The number of ether oxygens (including phenoxy) is 2. The van der Waals surface area contributed by atoms with E-state index in [1.54, 1.807) is 21.3 Å². The molecule has 6 nitrogen and oxygen atoms in total. The fourth-order valence-electron chi connectivity index (χ4n) is 3.33. The van der Waals surface area contributed by atoms with Crippen LogP contribution in [0.1, 0.15) is 22.3 Å². The first kappa shape index (κ1) is 18.6. The quantitative estimate of drug-likeness (QED) is 0.667. The van der Waals surface area contributed by atoms with Gasteiger partial charge in [-0.25, -0.2) is 0 Å². The van der Waals surface area contributed by atoms with Crippen molar-refractivity contribution in [1.82, 2.24) is 10.2 Å². The second kappa shape index (κ2) is 8.45. The smallest absolute Gasteiger partial charge is 0.194 e. The topological polar surface area (TPSA) is 69.9 Å². The third kappa shape index (κ3) is 4.14. The van der Waals surface area contributed by atoms with Gasteiger partial charge in [0.2, 0.25) is 0 Å². The number of fused-ring (bicyclic) bond motifs is 1. The van der Waals surface area contributed by atoms with Gasteiger partial charge < -0.3 is 19.7 Å². The lowest BCUT2D eigenvalue weighted by molar-refractivity contribution is 0.346. The van der Waals surface area contributed by atoms with Gasteiger partial charge >= 0.3 is 0 Å². The summed E-state index contributed by atoms with van der Waals surface area (Å²) < 4.78 is 10.8. The molecule has 0 amide bonds. The molecule has 140 valence electrons. The van der Waals surface area contributed by atoms with Crippen LogP contribution in [-0.2, 0) is 19.5 Å². The van der Waals surface area contributed by atoms with E-state index in [1.165, 1.54) is 11.1 Å². The number of rotatable bonds is 4. The molecular weight excluding hydrogens is 340 g/mol. The van der Waals surface area contributed by atoms with E-state index in [-0.39, 0.29) is 0 Å². The molecule has 1 aliphatic rings. The normalized spacial score (nSPS) is 13.6. The number of methoxy groups -OCH3 is 2. The molecule has 0 spiro atoms. The second-order valence-electron chi connectivity index (χ2n) is 6.36. The van der Waals surface area contributed by atoms with Crippen LogP contribution in [0.15, 0.2) is 41.4 Å². The van der Waals surface area contributed by atoms with E-state index < -0.39 is 0 Å². The number of nitrogens with zero attached hydrogens (tertiary/aromatic N) is 3. The summed E-state index contributed by atoms with van der Waals surface area (Å²) in [6.07, 6.45) is 0.917. The number of nitriles is 1. The van der Waals surface area contributed by atoms with Gasteiger partial charge in [-0.05, 0) is 47.4 Å². The maximum Gasteiger partial charge on any atom is 0.194 e. The van der Waals surface area contributed by atoms with Crippen LogP contribution in [0.2, 0.25) is 0 Å². The van der Waals surface area contributed by atoms with Crippen molar-refractivity contribution in [1.29, 1.82) is 5.26 Å². The SMILES string of the molecule is CN=C(NCc1cccc(C#N)c1)N1CCc2cc(OC)c(OC)cc2C1. The molecule has 2 aromatic carbocycles. The number of hydrogen-bond acceptors (Lipinski definition) is 4. The van der Waals surface area contributed by atoms with Gasteiger partial charge in [0, 0.05) is 26.7 Å². The van der Waals surface area contributed by atoms with Crippen molar-refractivity contribution in [2.24, 2.45) is 4.99 Å². The zero-order valence-electron chi connectivity index (χ0n) is 16.0. The van der Waals surface area contributed by atoms with Gasteiger partial charge in [-0.15, -0.1) is 0 Å². The standard InChI is InChI=1S/C21H24N4O2/c1-23-21(24-13-16-6-4-5-15(9-16)12-22)25-8-7-17-10-19(26-2)20(27-3)11-18(17)14-25/h4-6,9-11H,7-8,13-14H2,1-3H3,(H,23,24). The van der Waals surface area contributed by atoms with Crippen molar-refractivity contribution in [3.8, 4) is 17.6 Å². The first-order valence-electron chi connectivity index (χ1n) is 8.87. The zero-order valence-corrected chi connectivity index (χ0v) is 16.0. The largest absolute Gasteiger partial charge is 0.493 e. The van der Waals surface area contributed by atoms with Crippen LogP contribution in [-0.4, -0.2) is 38.7 Å². The molecule has 0 unspecified atom stereocenters. The van der Waals surface area contributed by atoms with Gasteiger partial charge in [-0.1, -0.05) is 12.1 Å². The number of hydrogen-bond donors (Lipinski definition) is 1. The highest BCUT2D eigenvalue weighted by molar-refractivity contribution is 5.80. The summed E-state index contributed by atoms with van der Waals surface area (Å²) in [6, 6.07) is 13.9. The average molecular weight is 364 g/mol. The Morgan fingerprint density at radius 3 is 2.59 bits per heavy atom. The van der Waals surface area contributed by atoms with Crippen LogP contribution in [0.5, 0.6) is 11.5 Å². The summed E-state index contributed by atoms with van der Waals surface area (Å²) >= 11 is 0. The highest BCUT2D eigenvalue weighted by Crippen LogP contribution is 2.33. The number of benzene rings is 2. The van der Waals surface area contributed by atoms with E-state index >= 15 is 0 Å². The Morgan fingerprint density at radius 1 is 1.19 bits per heavy atom. The summed E-state index contributed by atoms with van der Waals surface area (Å²) in [4.78, 5) is 6.65. The molecule has 0 fully saturated rings. The molecule has 0 saturated heterocycles. The molecule has 27 heavy (non-hydrogen) atoms. The number of guanidine groups is 1. The third-order valence-corrected chi connectivity index (χ3v) is 4.74. The van der Waals surface area contributed by atoms with E-state index in [2.05, 4.69) is 27.3 Å². The van der Waals surface area contributed by atoms with Crippen LogP contribution >= 0.6 is 0 Å². The molecule has 0 aromatic heterocycles. The van der Waals surface area contributed by atoms with Crippen LogP contribution in [0, 0.1) is 11.3 Å². The molecule has 0 radical (unpaired) electrons. The Balaban J connectivity index is 1.71. The van der Waals surface area contributed by atoms with Crippen LogP contribution in [0.3, 0.4) is 0 Å². The molecule has 0 bridgehead atoms. The minimum absolute atomic E-state index is 0.623. The van der Waals surface area contributed by atoms with E-state index in [1.807, 2.05) is 30.3 Å². The Morgan fingerprint density at radius 2 is 1.93 bits per heavy atom. The van der Waals surface area contributed by atoms with Crippen molar-refractivity contribution in [2.45, 2.75) is 19.5 Å². The highest BCUT2D eigenvalue weighted by Gasteiger charge is 2.21. The van der Waals surface area contributed by atoms with Gasteiger partial charge in [0.25, 0.3) is 0 Å². The molecule has 0 atom stereocenters. The molecule has 1 heterocycles. The molecule has 6 heteroatoms. The minimum Gasteiger partial charge on any atom is -0.493 e. The van der Waals surface area contributed by atoms with Gasteiger partial charge in [-0.2, -0.15) is 5.26 Å². The summed E-state index contributed by atoms with van der Waals surface area (Å²) in [5, 5.41) is 12.4. The van der Waals surface area contributed by atoms with E-state index in [0.717, 1.165) is 42.5 Å². The fraction of sp³-hybridized carbons (Fsp3) is 0.333. The van der Waals surface area contributed by atoms with Crippen LogP contribution < -0.4 is 14.8 Å². The Labute approximate surface area is 160 Å². The van der Waals surface area contributed by atoms with Gasteiger partial charge in [0.15, 0.2) is 17.5 Å². The first-order valence-corrected chi connectivity index (χ1v) is 8.87. The van der Waals surface area contributed by atoms with Crippen molar-refractivity contribution in [3.63, 3.8) is 0 Å². The first-order chi connectivity index (χ1) is 13.2. The molecule has 2 aromatic rings. The van der Waals surface area contributed by atoms with Crippen molar-refractivity contribution < 1.29 is 9.47 Å². The fourth-order valence-corrected chi connectivity index (χ4v) is 3.33. The third-order valence-electron chi connectivity index (χ3n) is 4.74. The monoisotopic (exact) mass is 364 g/mol. The second-order valence-corrected chi connectivity index (χ2v) is 6.36. The Kier molecular flexibility index (Phi) is 5.82. The summed E-state index contributed by atoms with van der Waals surface area (Å²) in [6.45, 7) is 2.26. The maximum absolute atomic E-state index is 9.04. The highest BCUT2D eigenvalue weighted by atomic mass is 16.5. The Bertz CT molecular complexity index is 886. The van der Waals surface area contributed by atoms with Crippen LogP contribution in [0.25, 0.3) is 0 Å². The molecule has 0 aliphatic carbocycles. The predicted octanol–water partition coefficient (Wildman–Crippen LogP) is 2.71. The van der Waals surface area contributed by atoms with Crippen molar-refractivity contribution in [2.75, 3.05) is 27.8 Å². The van der Waals surface area contributed by atoms with E-state index in [0.29, 0.717) is 12.1 Å². The Hall–Kier alpha value is -3.20. The van der Waals surface area contributed by atoms with Crippen LogP contribution in [0.4, 0.5) is 0 Å². The molecular formula is C21H24N4O2. The lowest BCUT2D eigenvalue weighted by atomic mass is 9.99.